The standard InChI is InChI=1S/C14H26N2O2/c1-11(9-15)7-8-12(17)16-14(5,6)10-18-13(2,3)4/h11H,7-8,10H2,1-6H3,(H,16,17). The predicted octanol–water partition coefficient (Wildman–Crippen LogP) is 2.64. The fourth-order valence-corrected chi connectivity index (χ4v) is 1.29. The first-order chi connectivity index (χ1) is 8.06. The van der Waals surface area contributed by atoms with Crippen molar-refractivity contribution in [2.75, 3.05) is 6.61 Å². The smallest absolute Gasteiger partial charge is 0.220 e. The van der Waals surface area contributed by atoms with Crippen LogP contribution in [0.15, 0.2) is 0 Å². The molecular formula is C14H26N2O2. The van der Waals surface area contributed by atoms with Crippen LogP contribution in [-0.4, -0.2) is 23.7 Å². The second-order valence-electron chi connectivity index (χ2n) is 6.40. The van der Waals surface area contributed by atoms with Gasteiger partial charge in [-0.15, -0.1) is 0 Å². The third kappa shape index (κ3) is 9.00. The minimum absolute atomic E-state index is 0.0281. The Bertz CT molecular complexity index is 311. The van der Waals surface area contributed by atoms with Crippen LogP contribution in [0, 0.1) is 17.2 Å². The van der Waals surface area contributed by atoms with E-state index in [1.807, 2.05) is 41.5 Å². The van der Waals surface area contributed by atoms with Gasteiger partial charge < -0.3 is 10.1 Å². The Morgan fingerprint density at radius 1 is 1.33 bits per heavy atom. The highest BCUT2D eigenvalue weighted by Crippen LogP contribution is 2.13. The van der Waals surface area contributed by atoms with Crippen LogP contribution in [0.4, 0.5) is 0 Å². The first kappa shape index (κ1) is 16.9. The molecule has 0 aromatic carbocycles. The molecule has 0 aliphatic rings. The number of amides is 1. The number of hydrogen-bond donors (Lipinski definition) is 1. The van der Waals surface area contributed by atoms with Crippen LogP contribution in [0.25, 0.3) is 0 Å². The Labute approximate surface area is 111 Å². The van der Waals surface area contributed by atoms with Crippen molar-refractivity contribution < 1.29 is 9.53 Å². The summed E-state index contributed by atoms with van der Waals surface area (Å²) in [6, 6.07) is 2.12. The number of rotatable bonds is 6. The lowest BCUT2D eigenvalue weighted by molar-refractivity contribution is -0.124. The minimum Gasteiger partial charge on any atom is -0.373 e. The van der Waals surface area contributed by atoms with Crippen LogP contribution in [-0.2, 0) is 9.53 Å². The van der Waals surface area contributed by atoms with E-state index in [4.69, 9.17) is 10.00 Å². The van der Waals surface area contributed by atoms with E-state index >= 15 is 0 Å². The summed E-state index contributed by atoms with van der Waals surface area (Å²) < 4.78 is 5.67. The van der Waals surface area contributed by atoms with E-state index in [0.717, 1.165) is 0 Å². The van der Waals surface area contributed by atoms with Crippen molar-refractivity contribution in [1.29, 1.82) is 5.26 Å². The number of nitrogens with zero attached hydrogens (tertiary/aromatic N) is 1. The Morgan fingerprint density at radius 2 is 1.89 bits per heavy atom. The molecule has 0 fully saturated rings. The Kier molecular flexibility index (Phi) is 6.34. The quantitative estimate of drug-likeness (QED) is 0.792. The summed E-state index contributed by atoms with van der Waals surface area (Å²) in [5, 5.41) is 11.6. The molecule has 0 radical (unpaired) electrons. The zero-order chi connectivity index (χ0) is 14.4. The maximum absolute atomic E-state index is 11.7. The van der Waals surface area contributed by atoms with Crippen LogP contribution < -0.4 is 5.32 Å². The van der Waals surface area contributed by atoms with Crippen molar-refractivity contribution in [3.05, 3.63) is 0 Å². The van der Waals surface area contributed by atoms with Crippen molar-refractivity contribution >= 4 is 5.91 Å². The van der Waals surface area contributed by atoms with Gasteiger partial charge in [-0.05, 0) is 48.0 Å². The molecule has 104 valence electrons. The molecule has 0 bridgehead atoms. The molecule has 0 heterocycles. The number of nitriles is 1. The Hall–Kier alpha value is -1.08. The molecule has 0 spiro atoms. The average molecular weight is 254 g/mol. The van der Waals surface area contributed by atoms with Gasteiger partial charge in [-0.3, -0.25) is 4.79 Å². The van der Waals surface area contributed by atoms with E-state index in [2.05, 4.69) is 11.4 Å². The average Bonchev–Trinajstić information content (AvgIpc) is 2.22. The van der Waals surface area contributed by atoms with Gasteiger partial charge in [0.1, 0.15) is 0 Å². The van der Waals surface area contributed by atoms with E-state index < -0.39 is 0 Å². The first-order valence-corrected chi connectivity index (χ1v) is 6.40. The Balaban J connectivity index is 4.08. The van der Waals surface area contributed by atoms with Crippen molar-refractivity contribution in [2.45, 2.75) is 65.5 Å². The lowest BCUT2D eigenvalue weighted by Crippen LogP contribution is -2.48. The molecule has 1 unspecified atom stereocenters. The van der Waals surface area contributed by atoms with Crippen LogP contribution in [0.2, 0.25) is 0 Å². The van der Waals surface area contributed by atoms with Gasteiger partial charge in [0.2, 0.25) is 5.91 Å². The van der Waals surface area contributed by atoms with Gasteiger partial charge in [0.25, 0.3) is 0 Å². The van der Waals surface area contributed by atoms with Crippen molar-refractivity contribution in [1.82, 2.24) is 5.32 Å². The topological polar surface area (TPSA) is 62.1 Å². The maximum Gasteiger partial charge on any atom is 0.220 e. The molecule has 0 aromatic rings. The van der Waals surface area contributed by atoms with E-state index in [0.29, 0.717) is 19.4 Å². The second kappa shape index (κ2) is 6.75. The van der Waals surface area contributed by atoms with E-state index in [1.165, 1.54) is 0 Å². The van der Waals surface area contributed by atoms with Gasteiger partial charge in [0.15, 0.2) is 0 Å². The van der Waals surface area contributed by atoms with Crippen molar-refractivity contribution in [3.8, 4) is 6.07 Å². The number of carbonyl (C=O) groups excluding carboxylic acids is 1. The van der Waals surface area contributed by atoms with E-state index in [-0.39, 0.29) is 23.0 Å². The molecule has 18 heavy (non-hydrogen) atoms. The Morgan fingerprint density at radius 3 is 2.33 bits per heavy atom. The molecule has 0 aromatic heterocycles. The van der Waals surface area contributed by atoms with Crippen LogP contribution >= 0.6 is 0 Å². The van der Waals surface area contributed by atoms with E-state index in [9.17, 15) is 4.79 Å². The molecule has 4 heteroatoms. The fourth-order valence-electron chi connectivity index (χ4n) is 1.29. The molecule has 0 saturated carbocycles. The molecule has 0 rings (SSSR count). The summed E-state index contributed by atoms with van der Waals surface area (Å²) in [5.41, 5.74) is -0.600. The SMILES string of the molecule is CC(C#N)CCC(=O)NC(C)(C)COC(C)(C)C. The summed E-state index contributed by atoms with van der Waals surface area (Å²) in [6.07, 6.45) is 0.978. The van der Waals surface area contributed by atoms with Crippen LogP contribution in [0.1, 0.15) is 54.4 Å². The third-order valence-electron chi connectivity index (χ3n) is 2.37. The largest absolute Gasteiger partial charge is 0.373 e. The van der Waals surface area contributed by atoms with Crippen molar-refractivity contribution in [2.24, 2.45) is 5.92 Å². The third-order valence-corrected chi connectivity index (χ3v) is 2.37. The number of nitrogens with one attached hydrogen (secondary N) is 1. The summed E-state index contributed by atoms with van der Waals surface area (Å²) in [5.74, 6) is -0.107. The van der Waals surface area contributed by atoms with Gasteiger partial charge >= 0.3 is 0 Å². The van der Waals surface area contributed by atoms with Gasteiger partial charge in [-0.1, -0.05) is 0 Å². The molecule has 0 aliphatic heterocycles. The first-order valence-electron chi connectivity index (χ1n) is 6.40. The van der Waals surface area contributed by atoms with Gasteiger partial charge in [-0.2, -0.15) is 5.26 Å². The minimum atomic E-state index is -0.389. The van der Waals surface area contributed by atoms with Crippen molar-refractivity contribution in [3.63, 3.8) is 0 Å². The summed E-state index contributed by atoms with van der Waals surface area (Å²) in [6.45, 7) is 12.1. The van der Waals surface area contributed by atoms with Crippen LogP contribution in [0.3, 0.4) is 0 Å². The highest BCUT2D eigenvalue weighted by Gasteiger charge is 2.23. The van der Waals surface area contributed by atoms with Crippen LogP contribution in [0.5, 0.6) is 0 Å². The highest BCUT2D eigenvalue weighted by atomic mass is 16.5. The van der Waals surface area contributed by atoms with Gasteiger partial charge in [-0.25, -0.2) is 0 Å². The molecular weight excluding hydrogens is 228 g/mol. The lowest BCUT2D eigenvalue weighted by Gasteiger charge is -2.30. The second-order valence-corrected chi connectivity index (χ2v) is 6.40. The van der Waals surface area contributed by atoms with E-state index in [1.54, 1.807) is 0 Å². The molecule has 1 N–H and O–H groups in total. The lowest BCUT2D eigenvalue weighted by atomic mass is 10.0. The number of carbonyl (C=O) groups is 1. The monoisotopic (exact) mass is 254 g/mol. The van der Waals surface area contributed by atoms with Gasteiger partial charge in [0, 0.05) is 12.3 Å². The highest BCUT2D eigenvalue weighted by molar-refractivity contribution is 5.76. The molecule has 1 atom stereocenters. The molecule has 0 aliphatic carbocycles. The molecule has 0 saturated heterocycles. The molecule has 1 amide bonds. The normalized spacial score (nSPS) is 13.8. The fraction of sp³-hybridized carbons (Fsp3) is 0.857. The maximum atomic E-state index is 11.7. The summed E-state index contributed by atoms with van der Waals surface area (Å²) in [4.78, 5) is 11.7. The zero-order valence-electron chi connectivity index (χ0n) is 12.5. The summed E-state index contributed by atoms with van der Waals surface area (Å²) in [7, 11) is 0. The molecule has 4 nitrogen and oxygen atoms in total. The zero-order valence-corrected chi connectivity index (χ0v) is 12.5. The number of hydrogen-bond acceptors (Lipinski definition) is 3. The summed E-state index contributed by atoms with van der Waals surface area (Å²) >= 11 is 0. The predicted molar refractivity (Wildman–Crippen MR) is 71.9 cm³/mol. The number of ether oxygens (including phenoxy) is 1. The van der Waals surface area contributed by atoms with Gasteiger partial charge in [0.05, 0.1) is 23.8 Å².